The minimum Gasteiger partial charge on any atom is -0.465 e. The number of fused-ring (bicyclic) bond motifs is 1. The number of carboxylic acid groups (broad SMARTS) is 1. The van der Waals surface area contributed by atoms with Gasteiger partial charge >= 0.3 is 12.2 Å². The van der Waals surface area contributed by atoms with E-state index >= 15 is 0 Å². The second-order valence-corrected chi connectivity index (χ2v) is 9.65. The predicted molar refractivity (Wildman–Crippen MR) is 123 cm³/mol. The van der Waals surface area contributed by atoms with Crippen molar-refractivity contribution < 1.29 is 19.4 Å². The number of hydrogen-bond acceptors (Lipinski definition) is 7. The number of alkyl carbamates (subject to hydrolysis) is 1. The van der Waals surface area contributed by atoms with E-state index in [0.717, 1.165) is 16.0 Å². The molecule has 0 aliphatic heterocycles. The number of thiophene rings is 1. The first-order chi connectivity index (χ1) is 15.0. The summed E-state index contributed by atoms with van der Waals surface area (Å²) >= 11 is 1.41. The van der Waals surface area contributed by atoms with Crippen LogP contribution >= 0.6 is 11.3 Å². The number of benzene rings is 1. The van der Waals surface area contributed by atoms with Gasteiger partial charge in [0, 0.05) is 17.3 Å². The largest absolute Gasteiger partial charge is 0.465 e. The summed E-state index contributed by atoms with van der Waals surface area (Å²) in [6.45, 7) is 9.37. The smallest absolute Gasteiger partial charge is 0.413 e. The Balaban J connectivity index is 1.87. The number of carbonyl (C=O) groups is 2. The van der Waals surface area contributed by atoms with Gasteiger partial charge in [0.2, 0.25) is 0 Å². The molecule has 3 aromatic rings. The van der Waals surface area contributed by atoms with Crippen molar-refractivity contribution in [2.45, 2.75) is 59.2 Å². The SMILES string of the molecule is Cc1c(C[C@H](C)NC(=O)OC(C)(C)C)sc2c(N(Cc3ccccc3)C(=O)O)nnnc12. The Morgan fingerprint density at radius 1 is 1.22 bits per heavy atom. The van der Waals surface area contributed by atoms with Gasteiger partial charge in [-0.3, -0.25) is 4.90 Å². The second-order valence-electron chi connectivity index (χ2n) is 8.55. The summed E-state index contributed by atoms with van der Waals surface area (Å²) < 4.78 is 5.97. The van der Waals surface area contributed by atoms with Gasteiger partial charge in [0.25, 0.3) is 0 Å². The van der Waals surface area contributed by atoms with Gasteiger partial charge in [-0.05, 0) is 51.0 Å². The molecular formula is C22H27N5O4S. The molecule has 0 radical (unpaired) electrons. The number of ether oxygens (including phenoxy) is 1. The van der Waals surface area contributed by atoms with Crippen molar-refractivity contribution in [1.82, 2.24) is 20.7 Å². The highest BCUT2D eigenvalue weighted by atomic mass is 32.1. The topological polar surface area (TPSA) is 118 Å². The van der Waals surface area contributed by atoms with Crippen LogP contribution in [0, 0.1) is 6.92 Å². The molecule has 2 amide bonds. The highest BCUT2D eigenvalue weighted by Crippen LogP contribution is 2.35. The van der Waals surface area contributed by atoms with E-state index in [4.69, 9.17) is 4.74 Å². The van der Waals surface area contributed by atoms with Crippen molar-refractivity contribution in [3.63, 3.8) is 0 Å². The zero-order valence-corrected chi connectivity index (χ0v) is 19.6. The van der Waals surface area contributed by atoms with Crippen LogP contribution in [0.3, 0.4) is 0 Å². The lowest BCUT2D eigenvalue weighted by Crippen LogP contribution is -2.38. The average Bonchev–Trinajstić information content (AvgIpc) is 3.01. The number of nitrogens with zero attached hydrogens (tertiary/aromatic N) is 4. The van der Waals surface area contributed by atoms with Gasteiger partial charge in [-0.15, -0.1) is 21.5 Å². The normalized spacial score (nSPS) is 12.4. The lowest BCUT2D eigenvalue weighted by Gasteiger charge is -2.21. The van der Waals surface area contributed by atoms with Gasteiger partial charge in [-0.1, -0.05) is 30.3 Å². The Morgan fingerprint density at radius 3 is 2.53 bits per heavy atom. The molecule has 2 N–H and O–H groups in total. The molecule has 0 bridgehead atoms. The van der Waals surface area contributed by atoms with Gasteiger partial charge in [-0.25, -0.2) is 9.59 Å². The van der Waals surface area contributed by atoms with E-state index in [1.807, 2.05) is 65.0 Å². The van der Waals surface area contributed by atoms with Crippen LogP contribution < -0.4 is 10.2 Å². The molecule has 32 heavy (non-hydrogen) atoms. The molecule has 2 aromatic heterocycles. The van der Waals surface area contributed by atoms with Crippen molar-refractivity contribution in [3.05, 3.63) is 46.3 Å². The van der Waals surface area contributed by atoms with Gasteiger partial charge in [-0.2, -0.15) is 0 Å². The van der Waals surface area contributed by atoms with Crippen molar-refractivity contribution in [2.24, 2.45) is 0 Å². The molecule has 0 spiro atoms. The van der Waals surface area contributed by atoms with Crippen molar-refractivity contribution in [2.75, 3.05) is 4.90 Å². The average molecular weight is 458 g/mol. The van der Waals surface area contributed by atoms with Crippen LogP contribution in [-0.4, -0.2) is 44.3 Å². The molecule has 170 valence electrons. The van der Waals surface area contributed by atoms with Crippen LogP contribution in [0.25, 0.3) is 10.2 Å². The van der Waals surface area contributed by atoms with E-state index in [9.17, 15) is 14.7 Å². The fourth-order valence-corrected chi connectivity index (χ4v) is 4.55. The molecular weight excluding hydrogens is 430 g/mol. The maximum absolute atomic E-state index is 12.1. The minimum absolute atomic E-state index is 0.146. The third kappa shape index (κ3) is 5.70. The number of hydrogen-bond donors (Lipinski definition) is 2. The standard InChI is InChI=1S/C22H27N5O4S/c1-13(23-20(28)31-22(3,4)5)11-16-14(2)17-18(32-16)19(25-26-24-17)27(21(29)30)12-15-9-7-6-8-10-15/h6-10,13H,11-12H2,1-5H3,(H,23,28)(H,29,30)/t13-/m0/s1. The molecule has 0 saturated heterocycles. The summed E-state index contributed by atoms with van der Waals surface area (Å²) in [4.78, 5) is 26.3. The zero-order chi connectivity index (χ0) is 23.5. The number of rotatable bonds is 6. The number of carbonyl (C=O) groups excluding carboxylic acids is 1. The Kier molecular flexibility index (Phi) is 6.93. The van der Waals surface area contributed by atoms with Crippen LogP contribution in [0.5, 0.6) is 0 Å². The third-order valence-corrected chi connectivity index (χ3v) is 5.93. The number of aryl methyl sites for hydroxylation is 1. The van der Waals surface area contributed by atoms with E-state index in [1.165, 1.54) is 16.2 Å². The highest BCUT2D eigenvalue weighted by molar-refractivity contribution is 7.19. The van der Waals surface area contributed by atoms with Crippen LogP contribution in [0.2, 0.25) is 0 Å². The lowest BCUT2D eigenvalue weighted by molar-refractivity contribution is 0.0508. The van der Waals surface area contributed by atoms with Crippen molar-refractivity contribution in [3.8, 4) is 0 Å². The van der Waals surface area contributed by atoms with E-state index < -0.39 is 17.8 Å². The van der Waals surface area contributed by atoms with Crippen LogP contribution in [0.4, 0.5) is 15.4 Å². The first-order valence-corrected chi connectivity index (χ1v) is 11.0. The van der Waals surface area contributed by atoms with Crippen LogP contribution in [-0.2, 0) is 17.7 Å². The molecule has 1 aromatic carbocycles. The summed E-state index contributed by atoms with van der Waals surface area (Å²) in [5.41, 5.74) is 1.76. The Bertz CT molecular complexity index is 1110. The van der Waals surface area contributed by atoms with Gasteiger partial charge < -0.3 is 15.2 Å². The molecule has 0 aliphatic carbocycles. The molecule has 2 heterocycles. The summed E-state index contributed by atoms with van der Waals surface area (Å²) in [5, 5.41) is 24.7. The summed E-state index contributed by atoms with van der Waals surface area (Å²) in [5.74, 6) is 0.249. The number of amides is 2. The van der Waals surface area contributed by atoms with Gasteiger partial charge in [0.05, 0.1) is 6.54 Å². The van der Waals surface area contributed by atoms with Crippen molar-refractivity contribution in [1.29, 1.82) is 0 Å². The maximum Gasteiger partial charge on any atom is 0.413 e. The molecule has 0 aliphatic rings. The van der Waals surface area contributed by atoms with E-state index in [-0.39, 0.29) is 18.4 Å². The molecule has 10 heteroatoms. The number of anilines is 1. The van der Waals surface area contributed by atoms with E-state index in [2.05, 4.69) is 20.7 Å². The molecule has 9 nitrogen and oxygen atoms in total. The summed E-state index contributed by atoms with van der Waals surface area (Å²) in [6, 6.07) is 9.11. The van der Waals surface area contributed by atoms with E-state index in [1.54, 1.807) is 0 Å². The molecule has 0 saturated carbocycles. The molecule has 1 atom stereocenters. The highest BCUT2D eigenvalue weighted by Gasteiger charge is 2.25. The van der Waals surface area contributed by atoms with Gasteiger partial charge in [0.15, 0.2) is 5.82 Å². The maximum atomic E-state index is 12.1. The lowest BCUT2D eigenvalue weighted by atomic mass is 10.1. The number of aromatic nitrogens is 3. The minimum atomic E-state index is -1.12. The van der Waals surface area contributed by atoms with Gasteiger partial charge in [0.1, 0.15) is 15.8 Å². The predicted octanol–water partition coefficient (Wildman–Crippen LogP) is 4.54. The fraction of sp³-hybridized carbons (Fsp3) is 0.409. The molecule has 3 rings (SSSR count). The third-order valence-electron chi connectivity index (χ3n) is 4.63. The molecule has 0 unspecified atom stereocenters. The van der Waals surface area contributed by atoms with Crippen molar-refractivity contribution >= 4 is 39.6 Å². The second kappa shape index (κ2) is 9.47. The Labute approximate surface area is 190 Å². The quantitative estimate of drug-likeness (QED) is 0.558. The zero-order valence-electron chi connectivity index (χ0n) is 18.7. The first kappa shape index (κ1) is 23.4. The summed E-state index contributed by atoms with van der Waals surface area (Å²) in [7, 11) is 0. The van der Waals surface area contributed by atoms with Crippen LogP contribution in [0.15, 0.2) is 30.3 Å². The summed E-state index contributed by atoms with van der Waals surface area (Å²) in [6.07, 6.45) is -1.06. The van der Waals surface area contributed by atoms with Crippen LogP contribution in [0.1, 0.15) is 43.7 Å². The Morgan fingerprint density at radius 2 is 1.91 bits per heavy atom. The molecule has 0 fully saturated rings. The first-order valence-electron chi connectivity index (χ1n) is 10.2. The monoisotopic (exact) mass is 457 g/mol. The fourth-order valence-electron chi connectivity index (χ4n) is 3.19. The Hall–Kier alpha value is -3.27. The van der Waals surface area contributed by atoms with E-state index in [0.29, 0.717) is 16.6 Å². The number of nitrogens with one attached hydrogen (secondary N) is 1.